The van der Waals surface area contributed by atoms with Crippen LogP contribution in [0.1, 0.15) is 28.0 Å². The fraction of sp³-hybridized carbons (Fsp3) is 0.375. The number of anilines is 1. The van der Waals surface area contributed by atoms with Gasteiger partial charge in [0.05, 0.1) is 20.3 Å². The molecule has 3 heterocycles. The number of pyridine rings is 1. The summed E-state index contributed by atoms with van der Waals surface area (Å²) in [5.74, 6) is 1.87. The summed E-state index contributed by atoms with van der Waals surface area (Å²) >= 11 is 0. The van der Waals surface area contributed by atoms with Crippen molar-refractivity contribution in [2.24, 2.45) is 0 Å². The fourth-order valence-corrected chi connectivity index (χ4v) is 2.56. The zero-order chi connectivity index (χ0) is 15.5. The van der Waals surface area contributed by atoms with Crippen molar-refractivity contribution in [2.75, 3.05) is 31.7 Å². The molecule has 0 saturated carbocycles. The van der Waals surface area contributed by atoms with Gasteiger partial charge in [0.1, 0.15) is 29.0 Å². The van der Waals surface area contributed by atoms with E-state index in [1.807, 2.05) is 24.0 Å². The molecule has 6 heteroatoms. The van der Waals surface area contributed by atoms with Gasteiger partial charge in [0, 0.05) is 12.7 Å². The minimum absolute atomic E-state index is 0.171. The number of morpholine rings is 1. The molecule has 1 atom stereocenters. The largest absolute Gasteiger partial charge is 0.465 e. The summed E-state index contributed by atoms with van der Waals surface area (Å²) in [6.07, 6.45) is 1.50. The average molecular weight is 302 g/mol. The number of rotatable bonds is 3. The number of furan rings is 1. The second-order valence-corrected chi connectivity index (χ2v) is 5.12. The lowest BCUT2D eigenvalue weighted by Crippen LogP contribution is -2.39. The van der Waals surface area contributed by atoms with Crippen LogP contribution in [0, 0.1) is 6.92 Å². The van der Waals surface area contributed by atoms with Gasteiger partial charge in [0.25, 0.3) is 0 Å². The van der Waals surface area contributed by atoms with Crippen LogP contribution >= 0.6 is 0 Å². The quantitative estimate of drug-likeness (QED) is 0.811. The second kappa shape index (κ2) is 6.19. The third kappa shape index (κ3) is 2.82. The van der Waals surface area contributed by atoms with Crippen LogP contribution in [0.2, 0.25) is 0 Å². The SMILES string of the molecule is COC(=O)c1cccnc1N1CCO[C@H](c2ccc(C)o2)C1. The van der Waals surface area contributed by atoms with Crippen molar-refractivity contribution in [1.29, 1.82) is 0 Å². The molecule has 0 aromatic carbocycles. The van der Waals surface area contributed by atoms with Gasteiger partial charge in [0.2, 0.25) is 0 Å². The number of aromatic nitrogens is 1. The molecule has 0 N–H and O–H groups in total. The molecule has 1 aliphatic heterocycles. The fourth-order valence-electron chi connectivity index (χ4n) is 2.56. The highest BCUT2D eigenvalue weighted by Crippen LogP contribution is 2.28. The van der Waals surface area contributed by atoms with Crippen molar-refractivity contribution >= 4 is 11.8 Å². The Labute approximate surface area is 128 Å². The molecule has 0 radical (unpaired) electrons. The Morgan fingerprint density at radius 2 is 2.27 bits per heavy atom. The van der Waals surface area contributed by atoms with Gasteiger partial charge in [-0.25, -0.2) is 9.78 Å². The average Bonchev–Trinajstić information content (AvgIpc) is 3.01. The topological polar surface area (TPSA) is 64.8 Å². The number of ether oxygens (including phenoxy) is 2. The number of methoxy groups -OCH3 is 1. The Kier molecular flexibility index (Phi) is 4.11. The zero-order valence-corrected chi connectivity index (χ0v) is 12.6. The molecule has 3 rings (SSSR count). The molecule has 1 fully saturated rings. The molecule has 22 heavy (non-hydrogen) atoms. The van der Waals surface area contributed by atoms with E-state index in [9.17, 15) is 4.79 Å². The van der Waals surface area contributed by atoms with E-state index in [2.05, 4.69) is 4.98 Å². The van der Waals surface area contributed by atoms with Crippen LogP contribution in [-0.4, -0.2) is 37.8 Å². The first-order valence-corrected chi connectivity index (χ1v) is 7.15. The van der Waals surface area contributed by atoms with Gasteiger partial charge in [-0.3, -0.25) is 0 Å². The number of carbonyl (C=O) groups is 1. The van der Waals surface area contributed by atoms with E-state index in [0.717, 1.165) is 11.5 Å². The highest BCUT2D eigenvalue weighted by Gasteiger charge is 2.27. The lowest BCUT2D eigenvalue weighted by molar-refractivity contribution is 0.0248. The van der Waals surface area contributed by atoms with Gasteiger partial charge in [-0.15, -0.1) is 0 Å². The van der Waals surface area contributed by atoms with Crippen molar-refractivity contribution in [1.82, 2.24) is 4.98 Å². The van der Waals surface area contributed by atoms with Crippen LogP contribution < -0.4 is 4.90 Å². The first kappa shape index (κ1) is 14.6. The summed E-state index contributed by atoms with van der Waals surface area (Å²) in [6, 6.07) is 7.28. The molecule has 1 aliphatic rings. The predicted octanol–water partition coefficient (Wildman–Crippen LogP) is 2.35. The van der Waals surface area contributed by atoms with Crippen molar-refractivity contribution in [2.45, 2.75) is 13.0 Å². The molecule has 1 saturated heterocycles. The Balaban J connectivity index is 1.85. The third-order valence-corrected chi connectivity index (χ3v) is 3.64. The highest BCUT2D eigenvalue weighted by molar-refractivity contribution is 5.94. The number of aryl methyl sites for hydroxylation is 1. The molecule has 0 bridgehead atoms. The molecule has 116 valence electrons. The van der Waals surface area contributed by atoms with E-state index in [1.54, 1.807) is 18.3 Å². The highest BCUT2D eigenvalue weighted by atomic mass is 16.5. The maximum absolute atomic E-state index is 11.9. The number of nitrogens with zero attached hydrogens (tertiary/aromatic N) is 2. The maximum Gasteiger partial charge on any atom is 0.341 e. The first-order valence-electron chi connectivity index (χ1n) is 7.15. The van der Waals surface area contributed by atoms with Crippen molar-refractivity contribution < 1.29 is 18.7 Å². The number of hydrogen-bond donors (Lipinski definition) is 0. The summed E-state index contributed by atoms with van der Waals surface area (Å²) in [5, 5.41) is 0. The Morgan fingerprint density at radius 1 is 1.41 bits per heavy atom. The standard InChI is InChI=1S/C16H18N2O4/c1-11-5-6-13(22-11)14-10-18(8-9-21-14)15-12(16(19)20-2)4-3-7-17-15/h3-7,14H,8-10H2,1-2H3/t14-/m0/s1. The summed E-state index contributed by atoms with van der Waals surface area (Å²) in [4.78, 5) is 18.3. The van der Waals surface area contributed by atoms with Gasteiger partial charge in [-0.05, 0) is 31.2 Å². The summed E-state index contributed by atoms with van der Waals surface area (Å²) < 4.78 is 16.2. The van der Waals surface area contributed by atoms with Crippen LogP contribution in [0.25, 0.3) is 0 Å². The Bertz CT molecular complexity index is 668. The van der Waals surface area contributed by atoms with E-state index < -0.39 is 0 Å². The molecule has 0 spiro atoms. The van der Waals surface area contributed by atoms with Crippen LogP contribution in [0.4, 0.5) is 5.82 Å². The smallest absolute Gasteiger partial charge is 0.341 e. The molecule has 0 aliphatic carbocycles. The molecule has 2 aromatic rings. The zero-order valence-electron chi connectivity index (χ0n) is 12.6. The van der Waals surface area contributed by atoms with E-state index in [1.165, 1.54) is 7.11 Å². The van der Waals surface area contributed by atoms with Crippen LogP contribution in [0.15, 0.2) is 34.9 Å². The molecular weight excluding hydrogens is 284 g/mol. The monoisotopic (exact) mass is 302 g/mol. The van der Waals surface area contributed by atoms with Crippen LogP contribution in [0.5, 0.6) is 0 Å². The first-order chi connectivity index (χ1) is 10.7. The normalized spacial score (nSPS) is 18.3. The Morgan fingerprint density at radius 3 is 3.00 bits per heavy atom. The predicted molar refractivity (Wildman–Crippen MR) is 79.9 cm³/mol. The van der Waals surface area contributed by atoms with Gasteiger partial charge in [0.15, 0.2) is 0 Å². The van der Waals surface area contributed by atoms with Crippen molar-refractivity contribution in [3.63, 3.8) is 0 Å². The summed E-state index contributed by atoms with van der Waals surface area (Å²) in [6.45, 7) is 3.69. The van der Waals surface area contributed by atoms with E-state index in [-0.39, 0.29) is 12.1 Å². The summed E-state index contributed by atoms with van der Waals surface area (Å²) in [7, 11) is 1.37. The van der Waals surface area contributed by atoms with Crippen molar-refractivity contribution in [3.05, 3.63) is 47.5 Å². The van der Waals surface area contributed by atoms with Gasteiger partial charge in [-0.2, -0.15) is 0 Å². The second-order valence-electron chi connectivity index (χ2n) is 5.12. The van der Waals surface area contributed by atoms with Gasteiger partial charge in [-0.1, -0.05) is 0 Å². The molecule has 2 aromatic heterocycles. The minimum Gasteiger partial charge on any atom is -0.465 e. The number of hydrogen-bond acceptors (Lipinski definition) is 6. The Hall–Kier alpha value is -2.34. The van der Waals surface area contributed by atoms with Crippen LogP contribution in [0.3, 0.4) is 0 Å². The minimum atomic E-state index is -0.389. The van der Waals surface area contributed by atoms with Crippen LogP contribution in [-0.2, 0) is 9.47 Å². The molecular formula is C16H18N2O4. The number of esters is 1. The lowest BCUT2D eigenvalue weighted by Gasteiger charge is -2.33. The third-order valence-electron chi connectivity index (χ3n) is 3.64. The maximum atomic E-state index is 11.9. The summed E-state index contributed by atoms with van der Waals surface area (Å²) in [5.41, 5.74) is 0.460. The van der Waals surface area contributed by atoms with E-state index >= 15 is 0 Å². The van der Waals surface area contributed by atoms with Crippen molar-refractivity contribution in [3.8, 4) is 0 Å². The van der Waals surface area contributed by atoms with Gasteiger partial charge >= 0.3 is 5.97 Å². The lowest BCUT2D eigenvalue weighted by atomic mass is 10.2. The van der Waals surface area contributed by atoms with E-state index in [4.69, 9.17) is 13.9 Å². The molecule has 0 unspecified atom stereocenters. The van der Waals surface area contributed by atoms with Gasteiger partial charge < -0.3 is 18.8 Å². The van der Waals surface area contributed by atoms with E-state index in [0.29, 0.717) is 31.1 Å². The molecule has 0 amide bonds. The number of carbonyl (C=O) groups excluding carboxylic acids is 1. The molecule has 6 nitrogen and oxygen atoms in total.